The van der Waals surface area contributed by atoms with Crippen LogP contribution in [0.2, 0.25) is 0 Å². The Labute approximate surface area is 119 Å². The van der Waals surface area contributed by atoms with Crippen LogP contribution in [0.5, 0.6) is 0 Å². The molecule has 0 N–H and O–H groups in total. The van der Waals surface area contributed by atoms with Gasteiger partial charge in [0.05, 0.1) is 20.9 Å². The highest BCUT2D eigenvalue weighted by atomic mass is 79.9. The highest BCUT2D eigenvalue weighted by Gasteiger charge is 2.31. The van der Waals surface area contributed by atoms with Crippen LogP contribution in [0.3, 0.4) is 0 Å². The minimum absolute atomic E-state index is 0.0949. The van der Waals surface area contributed by atoms with Gasteiger partial charge in [-0.3, -0.25) is 0 Å². The average molecular weight is 372 g/mol. The van der Waals surface area contributed by atoms with Gasteiger partial charge in [-0.05, 0) is 34.1 Å². The van der Waals surface area contributed by atoms with E-state index in [2.05, 4.69) is 15.9 Å². The largest absolute Gasteiger partial charge is 0.243 e. The Balaban J connectivity index is 2.30. The van der Waals surface area contributed by atoms with Crippen LogP contribution in [0.15, 0.2) is 27.6 Å². The van der Waals surface area contributed by atoms with Gasteiger partial charge in [0.2, 0.25) is 10.0 Å². The van der Waals surface area contributed by atoms with Crippen molar-refractivity contribution in [3.8, 4) is 0 Å². The number of rotatable bonds is 2. The van der Waals surface area contributed by atoms with Crippen molar-refractivity contribution in [2.24, 2.45) is 0 Å². The monoisotopic (exact) mass is 371 g/mol. The molecule has 9 heteroatoms. The van der Waals surface area contributed by atoms with Crippen LogP contribution in [-0.2, 0) is 19.9 Å². The molecular weight excluding hydrogens is 361 g/mol. The summed E-state index contributed by atoms with van der Waals surface area (Å²) in [6.07, 6.45) is 0. The van der Waals surface area contributed by atoms with Crippen molar-refractivity contribution in [1.82, 2.24) is 4.31 Å². The summed E-state index contributed by atoms with van der Waals surface area (Å²) in [5, 5.41) is 0. The van der Waals surface area contributed by atoms with E-state index in [1.807, 2.05) is 0 Å². The maximum Gasteiger partial charge on any atom is 0.243 e. The molecule has 0 saturated carbocycles. The minimum atomic E-state index is -3.84. The second-order valence-corrected chi connectivity index (χ2v) is 9.23. The van der Waals surface area contributed by atoms with Crippen molar-refractivity contribution in [2.75, 3.05) is 24.6 Å². The van der Waals surface area contributed by atoms with Gasteiger partial charge in [-0.25, -0.2) is 21.2 Å². The van der Waals surface area contributed by atoms with Crippen molar-refractivity contribution in [1.29, 1.82) is 0 Å². The van der Waals surface area contributed by atoms with Gasteiger partial charge >= 0.3 is 0 Å². The molecule has 1 fully saturated rings. The molecule has 0 radical (unpaired) electrons. The number of sulfonamides is 1. The lowest BCUT2D eigenvalue weighted by atomic mass is 10.3. The summed E-state index contributed by atoms with van der Waals surface area (Å²) in [6, 6.07) is 3.51. The molecule has 1 saturated heterocycles. The predicted octanol–water partition coefficient (Wildman–Crippen LogP) is 1.01. The second-order valence-electron chi connectivity index (χ2n) is 4.13. The quantitative estimate of drug-likeness (QED) is 0.777. The van der Waals surface area contributed by atoms with Crippen LogP contribution in [0.4, 0.5) is 4.39 Å². The van der Waals surface area contributed by atoms with Gasteiger partial charge in [0.25, 0.3) is 0 Å². The molecule has 1 aromatic rings. The molecule has 1 aromatic carbocycles. The van der Waals surface area contributed by atoms with Crippen molar-refractivity contribution < 1.29 is 21.2 Å². The van der Waals surface area contributed by atoms with Crippen molar-refractivity contribution in [3.05, 3.63) is 28.5 Å². The molecule has 1 aliphatic rings. The van der Waals surface area contributed by atoms with Gasteiger partial charge in [-0.15, -0.1) is 0 Å². The van der Waals surface area contributed by atoms with Crippen molar-refractivity contribution >= 4 is 35.8 Å². The maximum absolute atomic E-state index is 13.4. The molecule has 0 unspecified atom stereocenters. The van der Waals surface area contributed by atoms with E-state index < -0.39 is 25.7 Å². The summed E-state index contributed by atoms with van der Waals surface area (Å²) in [5.74, 6) is -1.08. The molecule has 1 heterocycles. The topological polar surface area (TPSA) is 71.5 Å². The van der Waals surface area contributed by atoms with Gasteiger partial charge in [0.1, 0.15) is 5.82 Å². The van der Waals surface area contributed by atoms with E-state index in [1.165, 1.54) is 12.1 Å². The molecule has 2 rings (SSSR count). The number of hydrogen-bond acceptors (Lipinski definition) is 4. The van der Waals surface area contributed by atoms with Gasteiger partial charge < -0.3 is 0 Å². The van der Waals surface area contributed by atoms with Gasteiger partial charge in [-0.2, -0.15) is 4.31 Å². The summed E-state index contributed by atoms with van der Waals surface area (Å²) in [4.78, 5) is -0.174. The summed E-state index contributed by atoms with van der Waals surface area (Å²) in [7, 11) is -7.00. The lowest BCUT2D eigenvalue weighted by molar-refractivity contribution is 0.430. The molecule has 1 aliphatic heterocycles. The third-order valence-electron chi connectivity index (χ3n) is 2.83. The number of halogens is 2. The van der Waals surface area contributed by atoms with Gasteiger partial charge in [-0.1, -0.05) is 0 Å². The Morgan fingerprint density at radius 2 is 1.79 bits per heavy atom. The Morgan fingerprint density at radius 1 is 1.21 bits per heavy atom. The minimum Gasteiger partial charge on any atom is -0.229 e. The van der Waals surface area contributed by atoms with Crippen LogP contribution >= 0.6 is 15.9 Å². The number of nitrogens with zero attached hydrogens (tertiary/aromatic N) is 1. The lowest BCUT2D eigenvalue weighted by Crippen LogP contribution is -2.43. The highest BCUT2D eigenvalue weighted by molar-refractivity contribution is 9.10. The van der Waals surface area contributed by atoms with Crippen molar-refractivity contribution in [3.63, 3.8) is 0 Å². The Bertz CT molecular complexity index is 688. The van der Waals surface area contributed by atoms with Crippen LogP contribution < -0.4 is 0 Å². The van der Waals surface area contributed by atoms with Crippen LogP contribution in [0.1, 0.15) is 0 Å². The first-order chi connectivity index (χ1) is 8.72. The van der Waals surface area contributed by atoms with E-state index >= 15 is 0 Å². The lowest BCUT2D eigenvalue weighted by Gasteiger charge is -2.25. The predicted molar refractivity (Wildman–Crippen MR) is 71.5 cm³/mol. The number of hydrogen-bond donors (Lipinski definition) is 0. The van der Waals surface area contributed by atoms with E-state index in [0.29, 0.717) is 0 Å². The first-order valence-corrected chi connectivity index (χ1v) is 9.43. The SMILES string of the molecule is O=S1(=O)CCN(S(=O)(=O)c2ccc(Br)c(F)c2)CC1. The Kier molecular flexibility index (Phi) is 4.01. The smallest absolute Gasteiger partial charge is 0.229 e. The summed E-state index contributed by atoms with van der Waals surface area (Å²) < 4.78 is 61.6. The van der Waals surface area contributed by atoms with E-state index in [1.54, 1.807) is 0 Å². The second kappa shape index (κ2) is 5.12. The van der Waals surface area contributed by atoms with Crippen LogP contribution in [0, 0.1) is 5.82 Å². The zero-order chi connectivity index (χ0) is 14.3. The zero-order valence-electron chi connectivity index (χ0n) is 9.71. The van der Waals surface area contributed by atoms with Crippen molar-refractivity contribution in [2.45, 2.75) is 4.90 Å². The molecule has 0 aromatic heterocycles. The van der Waals surface area contributed by atoms with E-state index in [-0.39, 0.29) is 34.0 Å². The third-order valence-corrected chi connectivity index (χ3v) is 6.98. The van der Waals surface area contributed by atoms with E-state index in [9.17, 15) is 21.2 Å². The molecule has 0 spiro atoms. The number of benzene rings is 1. The van der Waals surface area contributed by atoms with Crippen LogP contribution in [0.25, 0.3) is 0 Å². The summed E-state index contributed by atoms with van der Waals surface area (Å²) in [5.41, 5.74) is 0. The Morgan fingerprint density at radius 3 is 2.32 bits per heavy atom. The molecular formula is C10H11BrFNO4S2. The van der Waals surface area contributed by atoms with Gasteiger partial charge in [0.15, 0.2) is 9.84 Å². The fraction of sp³-hybridized carbons (Fsp3) is 0.400. The van der Waals surface area contributed by atoms with E-state index in [0.717, 1.165) is 10.4 Å². The first kappa shape index (κ1) is 14.9. The first-order valence-electron chi connectivity index (χ1n) is 5.38. The molecule has 5 nitrogen and oxygen atoms in total. The zero-order valence-corrected chi connectivity index (χ0v) is 12.9. The molecule has 0 amide bonds. The van der Waals surface area contributed by atoms with Crippen LogP contribution in [-0.4, -0.2) is 45.7 Å². The molecule has 19 heavy (non-hydrogen) atoms. The summed E-state index contributed by atoms with van der Waals surface area (Å²) in [6.45, 7) is -0.190. The summed E-state index contributed by atoms with van der Waals surface area (Å²) >= 11 is 2.94. The average Bonchev–Trinajstić information content (AvgIpc) is 2.32. The Hall–Kier alpha value is -0.510. The maximum atomic E-state index is 13.4. The molecule has 0 bridgehead atoms. The normalized spacial score (nSPS) is 20.3. The number of sulfone groups is 1. The third kappa shape index (κ3) is 3.15. The fourth-order valence-electron chi connectivity index (χ4n) is 1.72. The molecule has 0 atom stereocenters. The van der Waals surface area contributed by atoms with Gasteiger partial charge in [0, 0.05) is 13.1 Å². The molecule has 0 aliphatic carbocycles. The fourth-order valence-corrected chi connectivity index (χ4v) is 4.86. The molecule has 106 valence electrons. The standard InChI is InChI=1S/C10H11BrFNO4S2/c11-9-2-1-8(7-10(9)12)19(16,17)13-3-5-18(14,15)6-4-13/h1-2,7H,3-6H2. The van der Waals surface area contributed by atoms with E-state index in [4.69, 9.17) is 0 Å². The highest BCUT2D eigenvalue weighted by Crippen LogP contribution is 2.23.